The zero-order valence-corrected chi connectivity index (χ0v) is 14.7. The summed E-state index contributed by atoms with van der Waals surface area (Å²) in [6, 6.07) is 14.4. The average Bonchev–Trinajstić information content (AvgIpc) is 2.68. The van der Waals surface area contributed by atoms with E-state index in [0.29, 0.717) is 6.61 Å². The van der Waals surface area contributed by atoms with E-state index in [4.69, 9.17) is 9.47 Å². The van der Waals surface area contributed by atoms with Crippen molar-refractivity contribution < 1.29 is 19.1 Å². The average molecular weight is 355 g/mol. The van der Waals surface area contributed by atoms with Crippen molar-refractivity contribution in [1.82, 2.24) is 10.7 Å². The third-order valence-electron chi connectivity index (χ3n) is 3.39. The third-order valence-corrected chi connectivity index (χ3v) is 3.39. The number of hydrogen-bond donors (Lipinski definition) is 2. The van der Waals surface area contributed by atoms with E-state index < -0.39 is 11.8 Å². The summed E-state index contributed by atoms with van der Waals surface area (Å²) in [4.78, 5) is 23.5. The van der Waals surface area contributed by atoms with Gasteiger partial charge >= 0.3 is 11.8 Å². The molecule has 2 aromatic rings. The van der Waals surface area contributed by atoms with Gasteiger partial charge in [-0.05, 0) is 54.4 Å². The normalized spacial score (nSPS) is 10.4. The summed E-state index contributed by atoms with van der Waals surface area (Å²) in [6.07, 6.45) is 1.45. The Morgan fingerprint density at radius 2 is 1.65 bits per heavy atom. The van der Waals surface area contributed by atoms with Crippen LogP contribution in [-0.2, 0) is 16.1 Å². The highest BCUT2D eigenvalue weighted by molar-refractivity contribution is 6.35. The van der Waals surface area contributed by atoms with Gasteiger partial charge in [-0.3, -0.25) is 9.59 Å². The number of amides is 2. The Morgan fingerprint density at radius 3 is 2.27 bits per heavy atom. The summed E-state index contributed by atoms with van der Waals surface area (Å²) >= 11 is 0. The van der Waals surface area contributed by atoms with E-state index in [2.05, 4.69) is 15.8 Å². The summed E-state index contributed by atoms with van der Waals surface area (Å²) in [6.45, 7) is 2.73. The lowest BCUT2D eigenvalue weighted by Gasteiger charge is -2.05. The lowest BCUT2D eigenvalue weighted by molar-refractivity contribution is -0.139. The Balaban J connectivity index is 1.77. The SMILES string of the molecule is CCOc1ccc(C=NNC(=O)C(=O)NCc2ccc(OC)cc2)cc1. The van der Waals surface area contributed by atoms with Crippen LogP contribution in [0, 0.1) is 0 Å². The predicted octanol–water partition coefficient (Wildman–Crippen LogP) is 1.86. The second-order valence-corrected chi connectivity index (χ2v) is 5.23. The van der Waals surface area contributed by atoms with E-state index >= 15 is 0 Å². The summed E-state index contributed by atoms with van der Waals surface area (Å²) in [5, 5.41) is 6.30. The topological polar surface area (TPSA) is 89.0 Å². The van der Waals surface area contributed by atoms with Gasteiger partial charge in [-0.15, -0.1) is 0 Å². The largest absolute Gasteiger partial charge is 0.497 e. The first-order valence-electron chi connectivity index (χ1n) is 8.09. The second kappa shape index (κ2) is 9.83. The standard InChI is InChI=1S/C19H21N3O4/c1-3-26-17-10-6-15(7-11-17)13-21-22-19(24)18(23)20-12-14-4-8-16(25-2)9-5-14/h4-11,13H,3,12H2,1-2H3,(H,20,23)(H,22,24). The Labute approximate surface area is 152 Å². The number of rotatable bonds is 7. The van der Waals surface area contributed by atoms with E-state index in [1.165, 1.54) is 6.21 Å². The van der Waals surface area contributed by atoms with E-state index in [1.54, 1.807) is 55.6 Å². The van der Waals surface area contributed by atoms with Gasteiger partial charge in [0.15, 0.2) is 0 Å². The molecule has 0 atom stereocenters. The lowest BCUT2D eigenvalue weighted by atomic mass is 10.2. The molecule has 0 bridgehead atoms. The predicted molar refractivity (Wildman–Crippen MR) is 98.2 cm³/mol. The van der Waals surface area contributed by atoms with E-state index in [1.807, 2.05) is 6.92 Å². The molecule has 2 amide bonds. The Hall–Kier alpha value is -3.35. The molecular formula is C19H21N3O4. The van der Waals surface area contributed by atoms with E-state index in [9.17, 15) is 9.59 Å². The zero-order chi connectivity index (χ0) is 18.8. The zero-order valence-electron chi connectivity index (χ0n) is 14.7. The van der Waals surface area contributed by atoms with Gasteiger partial charge in [0.05, 0.1) is 19.9 Å². The molecule has 7 heteroatoms. The Morgan fingerprint density at radius 1 is 1.00 bits per heavy atom. The first kappa shape index (κ1) is 19.0. The third kappa shape index (κ3) is 5.94. The molecule has 2 aromatic carbocycles. The fourth-order valence-electron chi connectivity index (χ4n) is 2.04. The number of carbonyl (C=O) groups is 2. The highest BCUT2D eigenvalue weighted by atomic mass is 16.5. The van der Waals surface area contributed by atoms with Gasteiger partial charge < -0.3 is 14.8 Å². The maximum Gasteiger partial charge on any atom is 0.329 e. The van der Waals surface area contributed by atoms with Crippen molar-refractivity contribution in [3.8, 4) is 11.5 Å². The molecule has 0 fully saturated rings. The first-order chi connectivity index (χ1) is 12.6. The Bertz CT molecular complexity index is 755. The molecule has 0 spiro atoms. The maximum absolute atomic E-state index is 11.8. The fourth-order valence-corrected chi connectivity index (χ4v) is 2.04. The van der Waals surface area contributed by atoms with Crippen LogP contribution >= 0.6 is 0 Å². The van der Waals surface area contributed by atoms with Crippen molar-refractivity contribution in [2.24, 2.45) is 5.10 Å². The van der Waals surface area contributed by atoms with Gasteiger partial charge in [0.2, 0.25) is 0 Å². The summed E-state index contributed by atoms with van der Waals surface area (Å²) < 4.78 is 10.4. The molecule has 0 radical (unpaired) electrons. The van der Waals surface area contributed by atoms with Gasteiger partial charge in [-0.2, -0.15) is 5.10 Å². The van der Waals surface area contributed by atoms with Crippen LogP contribution in [0.15, 0.2) is 53.6 Å². The molecular weight excluding hydrogens is 334 g/mol. The van der Waals surface area contributed by atoms with Crippen LogP contribution in [0.4, 0.5) is 0 Å². The molecule has 2 N–H and O–H groups in total. The minimum absolute atomic E-state index is 0.235. The number of hydrazone groups is 1. The van der Waals surface area contributed by atoms with Crippen LogP contribution in [0.2, 0.25) is 0 Å². The Kier molecular flexibility index (Phi) is 7.17. The van der Waals surface area contributed by atoms with Crippen molar-refractivity contribution in [3.05, 3.63) is 59.7 Å². The number of benzene rings is 2. The van der Waals surface area contributed by atoms with Crippen LogP contribution in [0.3, 0.4) is 0 Å². The number of methoxy groups -OCH3 is 1. The van der Waals surface area contributed by atoms with Crippen LogP contribution in [0.5, 0.6) is 11.5 Å². The highest BCUT2D eigenvalue weighted by Gasteiger charge is 2.11. The molecule has 0 aromatic heterocycles. The molecule has 136 valence electrons. The summed E-state index contributed by atoms with van der Waals surface area (Å²) in [7, 11) is 1.58. The van der Waals surface area contributed by atoms with E-state index in [-0.39, 0.29) is 6.54 Å². The smallest absolute Gasteiger partial charge is 0.329 e. The molecule has 0 unspecified atom stereocenters. The second-order valence-electron chi connectivity index (χ2n) is 5.23. The summed E-state index contributed by atoms with van der Waals surface area (Å²) in [5.41, 5.74) is 3.81. The molecule has 26 heavy (non-hydrogen) atoms. The van der Waals surface area contributed by atoms with Gasteiger partial charge in [-0.25, -0.2) is 5.43 Å². The van der Waals surface area contributed by atoms with Crippen molar-refractivity contribution in [1.29, 1.82) is 0 Å². The highest BCUT2D eigenvalue weighted by Crippen LogP contribution is 2.11. The van der Waals surface area contributed by atoms with Gasteiger partial charge in [-0.1, -0.05) is 12.1 Å². The van der Waals surface area contributed by atoms with Crippen molar-refractivity contribution in [2.75, 3.05) is 13.7 Å². The van der Waals surface area contributed by atoms with Crippen molar-refractivity contribution >= 4 is 18.0 Å². The quantitative estimate of drug-likeness (QED) is 0.451. The van der Waals surface area contributed by atoms with Crippen LogP contribution in [0.25, 0.3) is 0 Å². The van der Waals surface area contributed by atoms with E-state index in [0.717, 1.165) is 22.6 Å². The molecule has 0 aliphatic rings. The molecule has 0 heterocycles. The van der Waals surface area contributed by atoms with Crippen molar-refractivity contribution in [2.45, 2.75) is 13.5 Å². The van der Waals surface area contributed by atoms with Crippen LogP contribution in [0.1, 0.15) is 18.1 Å². The molecule has 2 rings (SSSR count). The molecule has 0 aliphatic carbocycles. The van der Waals surface area contributed by atoms with Gasteiger partial charge in [0.1, 0.15) is 11.5 Å². The molecule has 0 aliphatic heterocycles. The minimum Gasteiger partial charge on any atom is -0.497 e. The van der Waals surface area contributed by atoms with Crippen molar-refractivity contribution in [3.63, 3.8) is 0 Å². The summed E-state index contributed by atoms with van der Waals surface area (Å²) in [5.74, 6) is -0.113. The number of carbonyl (C=O) groups excluding carboxylic acids is 2. The molecule has 0 saturated heterocycles. The number of hydrogen-bond acceptors (Lipinski definition) is 5. The number of nitrogens with one attached hydrogen (secondary N) is 2. The number of nitrogens with zero attached hydrogens (tertiary/aromatic N) is 1. The monoisotopic (exact) mass is 355 g/mol. The first-order valence-corrected chi connectivity index (χ1v) is 8.09. The number of ether oxygens (including phenoxy) is 2. The minimum atomic E-state index is -0.833. The molecule has 7 nitrogen and oxygen atoms in total. The lowest BCUT2D eigenvalue weighted by Crippen LogP contribution is -2.37. The van der Waals surface area contributed by atoms with Gasteiger partial charge in [0, 0.05) is 6.54 Å². The fraction of sp³-hybridized carbons (Fsp3) is 0.211. The van der Waals surface area contributed by atoms with Crippen LogP contribution in [-0.4, -0.2) is 31.7 Å². The maximum atomic E-state index is 11.8. The molecule has 0 saturated carbocycles. The van der Waals surface area contributed by atoms with Gasteiger partial charge in [0.25, 0.3) is 0 Å². The van der Waals surface area contributed by atoms with Crippen LogP contribution < -0.4 is 20.2 Å².